The van der Waals surface area contributed by atoms with E-state index >= 15 is 0 Å². The lowest BCUT2D eigenvalue weighted by Gasteiger charge is -2.08. The van der Waals surface area contributed by atoms with Crippen LogP contribution in [0.15, 0.2) is 12.1 Å². The average Bonchev–Trinajstić information content (AvgIpc) is 2.28. The van der Waals surface area contributed by atoms with E-state index in [1.54, 1.807) is 13.0 Å². The van der Waals surface area contributed by atoms with E-state index in [2.05, 4.69) is 10.3 Å². The third kappa shape index (κ3) is 4.67. The van der Waals surface area contributed by atoms with Gasteiger partial charge in [-0.25, -0.2) is 4.98 Å². The van der Waals surface area contributed by atoms with Crippen LogP contribution in [-0.4, -0.2) is 29.1 Å². The number of nitrogens with zero attached hydrogens (tertiary/aromatic N) is 1. The Morgan fingerprint density at radius 3 is 2.89 bits per heavy atom. The minimum atomic E-state index is -0.229. The summed E-state index contributed by atoms with van der Waals surface area (Å²) < 4.78 is 4.83. The Morgan fingerprint density at radius 2 is 2.28 bits per heavy atom. The molecule has 0 atom stereocenters. The van der Waals surface area contributed by atoms with Crippen LogP contribution in [0.4, 0.5) is 5.82 Å². The summed E-state index contributed by atoms with van der Waals surface area (Å²) in [4.78, 5) is 15.8. The lowest BCUT2D eigenvalue weighted by Crippen LogP contribution is -2.14. The number of carbonyl (C=O) groups excluding carboxylic acids is 1. The van der Waals surface area contributed by atoms with Crippen LogP contribution in [0.5, 0.6) is 0 Å². The molecule has 0 aliphatic heterocycles. The summed E-state index contributed by atoms with van der Waals surface area (Å²) in [7, 11) is 0. The predicted molar refractivity (Wildman–Crippen MR) is 74.6 cm³/mol. The van der Waals surface area contributed by atoms with E-state index in [0.29, 0.717) is 30.4 Å². The van der Waals surface area contributed by atoms with Crippen LogP contribution in [0.1, 0.15) is 24.6 Å². The Bertz CT molecular complexity index is 449. The van der Waals surface area contributed by atoms with Crippen molar-refractivity contribution in [1.82, 2.24) is 4.98 Å². The first-order valence-electron chi connectivity index (χ1n) is 5.71. The molecule has 0 radical (unpaired) electrons. The second-order valence-corrected chi connectivity index (χ2v) is 4.17. The van der Waals surface area contributed by atoms with E-state index in [4.69, 9.17) is 22.7 Å². The molecule has 0 aliphatic rings. The van der Waals surface area contributed by atoms with E-state index in [0.717, 1.165) is 11.3 Å². The topological polar surface area (TPSA) is 77.2 Å². The van der Waals surface area contributed by atoms with Gasteiger partial charge < -0.3 is 15.8 Å². The quantitative estimate of drug-likeness (QED) is 0.599. The molecule has 3 N–H and O–H groups in total. The Hall–Kier alpha value is -1.69. The number of carbonyl (C=O) groups is 1. The first-order valence-corrected chi connectivity index (χ1v) is 6.11. The fourth-order valence-corrected chi connectivity index (χ4v) is 1.55. The standard InChI is InChI=1S/C12H17N3O2S/c1-3-17-11(16)4-5-14-10-7-9(12(13)18)6-8(2)15-10/h6-7H,3-5H2,1-2H3,(H2,13,18)(H,14,15). The molecule has 1 aromatic rings. The number of aryl methyl sites for hydroxylation is 1. The van der Waals surface area contributed by atoms with Crippen LogP contribution in [0.3, 0.4) is 0 Å². The van der Waals surface area contributed by atoms with Crippen LogP contribution in [-0.2, 0) is 9.53 Å². The molecule has 1 aromatic heterocycles. The Balaban J connectivity index is 2.57. The molecule has 0 amide bonds. The van der Waals surface area contributed by atoms with Crippen molar-refractivity contribution in [2.45, 2.75) is 20.3 Å². The number of nitrogens with one attached hydrogen (secondary N) is 1. The number of rotatable bonds is 6. The molecule has 0 spiro atoms. The van der Waals surface area contributed by atoms with Gasteiger partial charge in [-0.1, -0.05) is 12.2 Å². The van der Waals surface area contributed by atoms with Gasteiger partial charge in [0.15, 0.2) is 0 Å². The Kier molecular flexibility index (Phi) is 5.51. The largest absolute Gasteiger partial charge is 0.466 e. The van der Waals surface area contributed by atoms with Gasteiger partial charge in [0.1, 0.15) is 10.8 Å². The van der Waals surface area contributed by atoms with Crippen LogP contribution in [0.2, 0.25) is 0 Å². The smallest absolute Gasteiger partial charge is 0.307 e. The summed E-state index contributed by atoms with van der Waals surface area (Å²) in [6.07, 6.45) is 0.297. The summed E-state index contributed by atoms with van der Waals surface area (Å²) >= 11 is 4.92. The van der Waals surface area contributed by atoms with Gasteiger partial charge in [-0.05, 0) is 26.0 Å². The van der Waals surface area contributed by atoms with E-state index in [9.17, 15) is 4.79 Å². The predicted octanol–water partition coefficient (Wildman–Crippen LogP) is 1.39. The number of aromatic nitrogens is 1. The highest BCUT2D eigenvalue weighted by Gasteiger charge is 2.04. The average molecular weight is 267 g/mol. The Morgan fingerprint density at radius 1 is 1.56 bits per heavy atom. The molecule has 0 aromatic carbocycles. The molecule has 18 heavy (non-hydrogen) atoms. The molecule has 98 valence electrons. The molecule has 0 saturated heterocycles. The van der Waals surface area contributed by atoms with Crippen LogP contribution in [0, 0.1) is 6.92 Å². The Labute approximate surface area is 112 Å². The van der Waals surface area contributed by atoms with E-state index in [1.165, 1.54) is 0 Å². The lowest BCUT2D eigenvalue weighted by molar-refractivity contribution is -0.142. The molecule has 5 nitrogen and oxygen atoms in total. The van der Waals surface area contributed by atoms with Gasteiger partial charge in [0.05, 0.1) is 13.0 Å². The summed E-state index contributed by atoms with van der Waals surface area (Å²) in [6, 6.07) is 3.58. The second kappa shape index (κ2) is 6.90. The normalized spacial score (nSPS) is 9.89. The number of nitrogens with two attached hydrogens (primary N) is 1. The number of anilines is 1. The van der Waals surface area contributed by atoms with Gasteiger partial charge in [0.25, 0.3) is 0 Å². The van der Waals surface area contributed by atoms with Crippen molar-refractivity contribution in [3.8, 4) is 0 Å². The van der Waals surface area contributed by atoms with E-state index in [-0.39, 0.29) is 5.97 Å². The van der Waals surface area contributed by atoms with Crippen molar-refractivity contribution < 1.29 is 9.53 Å². The van der Waals surface area contributed by atoms with Gasteiger partial charge >= 0.3 is 5.97 Å². The van der Waals surface area contributed by atoms with E-state index < -0.39 is 0 Å². The first-order chi connectivity index (χ1) is 8.52. The third-order valence-electron chi connectivity index (χ3n) is 2.18. The van der Waals surface area contributed by atoms with Crippen LogP contribution in [0.25, 0.3) is 0 Å². The van der Waals surface area contributed by atoms with Crippen LogP contribution >= 0.6 is 12.2 Å². The van der Waals surface area contributed by atoms with Crippen molar-refractivity contribution in [1.29, 1.82) is 0 Å². The van der Waals surface area contributed by atoms with Gasteiger partial charge in [-0.3, -0.25) is 4.79 Å². The molecule has 0 saturated carbocycles. The maximum atomic E-state index is 11.2. The SMILES string of the molecule is CCOC(=O)CCNc1cc(C(N)=S)cc(C)n1. The zero-order valence-corrected chi connectivity index (χ0v) is 11.3. The number of esters is 1. The highest BCUT2D eigenvalue weighted by atomic mass is 32.1. The third-order valence-corrected chi connectivity index (χ3v) is 2.41. The first kappa shape index (κ1) is 14.4. The van der Waals surface area contributed by atoms with Gasteiger partial charge in [0, 0.05) is 17.8 Å². The highest BCUT2D eigenvalue weighted by Crippen LogP contribution is 2.10. The molecule has 0 unspecified atom stereocenters. The molecule has 0 aliphatic carbocycles. The fraction of sp³-hybridized carbons (Fsp3) is 0.417. The number of pyridine rings is 1. The zero-order chi connectivity index (χ0) is 13.5. The van der Waals surface area contributed by atoms with Gasteiger partial charge in [-0.15, -0.1) is 0 Å². The zero-order valence-electron chi connectivity index (χ0n) is 10.5. The number of thiocarbonyl (C=S) groups is 1. The monoisotopic (exact) mass is 267 g/mol. The van der Waals surface area contributed by atoms with Crippen molar-refractivity contribution in [2.75, 3.05) is 18.5 Å². The van der Waals surface area contributed by atoms with Crippen molar-refractivity contribution in [3.63, 3.8) is 0 Å². The molecular formula is C12H17N3O2S. The lowest BCUT2D eigenvalue weighted by atomic mass is 10.2. The minimum absolute atomic E-state index is 0.229. The summed E-state index contributed by atoms with van der Waals surface area (Å²) in [5.41, 5.74) is 7.15. The molecule has 0 fully saturated rings. The molecule has 6 heteroatoms. The number of hydrogen-bond acceptors (Lipinski definition) is 5. The summed E-state index contributed by atoms with van der Waals surface area (Å²) in [5, 5.41) is 3.04. The van der Waals surface area contributed by atoms with Crippen molar-refractivity contribution in [2.24, 2.45) is 5.73 Å². The maximum absolute atomic E-state index is 11.2. The number of ether oxygens (including phenoxy) is 1. The van der Waals surface area contributed by atoms with Gasteiger partial charge in [-0.2, -0.15) is 0 Å². The molecule has 1 heterocycles. The molecule has 1 rings (SSSR count). The maximum Gasteiger partial charge on any atom is 0.307 e. The minimum Gasteiger partial charge on any atom is -0.466 e. The highest BCUT2D eigenvalue weighted by molar-refractivity contribution is 7.80. The van der Waals surface area contributed by atoms with Gasteiger partial charge in [0.2, 0.25) is 0 Å². The van der Waals surface area contributed by atoms with Crippen molar-refractivity contribution >= 4 is 29.0 Å². The second-order valence-electron chi connectivity index (χ2n) is 3.73. The van der Waals surface area contributed by atoms with Crippen LogP contribution < -0.4 is 11.1 Å². The molecule has 0 bridgehead atoms. The number of hydrogen-bond donors (Lipinski definition) is 2. The summed E-state index contributed by atoms with van der Waals surface area (Å²) in [6.45, 7) is 4.50. The van der Waals surface area contributed by atoms with Crippen molar-refractivity contribution in [3.05, 3.63) is 23.4 Å². The molecular weight excluding hydrogens is 250 g/mol. The summed E-state index contributed by atoms with van der Waals surface area (Å²) in [5.74, 6) is 0.425. The fourth-order valence-electron chi connectivity index (χ4n) is 1.43. The van der Waals surface area contributed by atoms with E-state index in [1.807, 2.05) is 13.0 Å².